The third-order valence-corrected chi connectivity index (χ3v) is 3.72. The van der Waals surface area contributed by atoms with Gasteiger partial charge < -0.3 is 18.9 Å². The first kappa shape index (κ1) is 16.2. The van der Waals surface area contributed by atoms with E-state index in [-0.39, 0.29) is 6.61 Å². The third kappa shape index (κ3) is 3.45. The fourth-order valence-corrected chi connectivity index (χ4v) is 2.71. The summed E-state index contributed by atoms with van der Waals surface area (Å²) in [6.07, 6.45) is -0.130. The molecule has 2 aromatic rings. The van der Waals surface area contributed by atoms with Gasteiger partial charge in [0.15, 0.2) is 11.5 Å². The van der Waals surface area contributed by atoms with E-state index in [2.05, 4.69) is 4.74 Å². The number of carbonyl (C=O) groups excluding carboxylic acids is 1. The van der Waals surface area contributed by atoms with E-state index in [1.54, 1.807) is 0 Å². The SMILES string of the molecule is COC(=O)OCCc1cc2c(cc1-c1ccccc1)OC(C)(C)O2. The van der Waals surface area contributed by atoms with E-state index in [0.29, 0.717) is 12.2 Å². The lowest BCUT2D eigenvalue weighted by atomic mass is 9.97. The molecule has 0 aliphatic carbocycles. The van der Waals surface area contributed by atoms with Gasteiger partial charge in [0, 0.05) is 20.3 Å². The van der Waals surface area contributed by atoms with Crippen molar-refractivity contribution < 1.29 is 23.7 Å². The number of hydrogen-bond donors (Lipinski definition) is 0. The van der Waals surface area contributed by atoms with Crippen LogP contribution >= 0.6 is 0 Å². The molecule has 1 aliphatic rings. The normalized spacial score (nSPS) is 14.3. The number of benzene rings is 2. The number of rotatable bonds is 4. The molecule has 0 unspecified atom stereocenters. The van der Waals surface area contributed by atoms with Gasteiger partial charge in [0.25, 0.3) is 0 Å². The van der Waals surface area contributed by atoms with Crippen molar-refractivity contribution in [2.75, 3.05) is 13.7 Å². The van der Waals surface area contributed by atoms with Crippen LogP contribution in [0.1, 0.15) is 19.4 Å². The molecule has 0 bridgehead atoms. The largest absolute Gasteiger partial charge is 0.507 e. The lowest BCUT2D eigenvalue weighted by Crippen LogP contribution is -2.29. The van der Waals surface area contributed by atoms with Crippen molar-refractivity contribution in [1.82, 2.24) is 0 Å². The van der Waals surface area contributed by atoms with Crippen LogP contribution in [-0.4, -0.2) is 25.7 Å². The van der Waals surface area contributed by atoms with Crippen LogP contribution < -0.4 is 9.47 Å². The lowest BCUT2D eigenvalue weighted by molar-refractivity contribution is -0.0431. The van der Waals surface area contributed by atoms with E-state index in [9.17, 15) is 4.79 Å². The molecule has 5 heteroatoms. The Labute approximate surface area is 141 Å². The molecular weight excluding hydrogens is 308 g/mol. The number of hydrogen-bond acceptors (Lipinski definition) is 5. The van der Waals surface area contributed by atoms with Gasteiger partial charge in [-0.1, -0.05) is 30.3 Å². The van der Waals surface area contributed by atoms with E-state index in [4.69, 9.17) is 14.2 Å². The van der Waals surface area contributed by atoms with Gasteiger partial charge in [-0.3, -0.25) is 0 Å². The second-order valence-corrected chi connectivity index (χ2v) is 5.98. The fourth-order valence-electron chi connectivity index (χ4n) is 2.71. The minimum atomic E-state index is -0.683. The average Bonchev–Trinajstić information content (AvgIpc) is 2.87. The van der Waals surface area contributed by atoms with Crippen LogP contribution in [0.5, 0.6) is 11.5 Å². The summed E-state index contributed by atoms with van der Waals surface area (Å²) < 4.78 is 21.2. The summed E-state index contributed by atoms with van der Waals surface area (Å²) in [7, 11) is 1.29. The summed E-state index contributed by atoms with van der Waals surface area (Å²) in [6.45, 7) is 3.97. The Balaban J connectivity index is 1.92. The Bertz CT molecular complexity index is 737. The molecule has 0 atom stereocenters. The molecule has 0 amide bonds. The molecule has 2 aromatic carbocycles. The highest BCUT2D eigenvalue weighted by atomic mass is 16.7. The smallest absolute Gasteiger partial charge is 0.449 e. The van der Waals surface area contributed by atoms with Gasteiger partial charge in [-0.05, 0) is 28.8 Å². The summed E-state index contributed by atoms with van der Waals surface area (Å²) >= 11 is 0. The molecule has 0 radical (unpaired) electrons. The maximum Gasteiger partial charge on any atom is 0.507 e. The van der Waals surface area contributed by atoms with Crippen LogP contribution in [0.4, 0.5) is 4.79 Å². The minimum Gasteiger partial charge on any atom is -0.449 e. The molecule has 0 aromatic heterocycles. The van der Waals surface area contributed by atoms with Gasteiger partial charge in [0.2, 0.25) is 5.79 Å². The number of ether oxygens (including phenoxy) is 4. The maximum absolute atomic E-state index is 11.1. The van der Waals surface area contributed by atoms with E-state index >= 15 is 0 Å². The average molecular weight is 328 g/mol. The van der Waals surface area contributed by atoms with Crippen LogP contribution in [0.3, 0.4) is 0 Å². The van der Waals surface area contributed by atoms with Gasteiger partial charge in [0.1, 0.15) is 0 Å². The molecule has 0 N–H and O–H groups in total. The Morgan fingerprint density at radius 2 is 1.75 bits per heavy atom. The predicted molar refractivity (Wildman–Crippen MR) is 89.3 cm³/mol. The summed E-state index contributed by atoms with van der Waals surface area (Å²) in [4.78, 5) is 11.1. The highest BCUT2D eigenvalue weighted by molar-refractivity contribution is 5.72. The van der Waals surface area contributed by atoms with Crippen molar-refractivity contribution in [3.05, 3.63) is 48.0 Å². The summed E-state index contributed by atoms with van der Waals surface area (Å²) in [5, 5.41) is 0. The first-order valence-electron chi connectivity index (χ1n) is 7.79. The van der Waals surface area contributed by atoms with Crippen molar-refractivity contribution >= 4 is 6.16 Å². The monoisotopic (exact) mass is 328 g/mol. The van der Waals surface area contributed by atoms with Crippen LogP contribution in [-0.2, 0) is 15.9 Å². The standard InChI is InChI=1S/C19H20O5/c1-19(2)23-16-11-14(9-10-22-18(20)21-3)15(12-17(16)24-19)13-7-5-4-6-8-13/h4-8,11-12H,9-10H2,1-3H3. The topological polar surface area (TPSA) is 54.0 Å². The van der Waals surface area contributed by atoms with Crippen LogP contribution in [0.2, 0.25) is 0 Å². The molecule has 0 saturated heterocycles. The molecule has 126 valence electrons. The third-order valence-electron chi connectivity index (χ3n) is 3.72. The first-order valence-corrected chi connectivity index (χ1v) is 7.79. The van der Waals surface area contributed by atoms with Crippen LogP contribution in [0.25, 0.3) is 11.1 Å². The van der Waals surface area contributed by atoms with Crippen molar-refractivity contribution in [3.63, 3.8) is 0 Å². The van der Waals surface area contributed by atoms with Gasteiger partial charge in [-0.15, -0.1) is 0 Å². The fraction of sp³-hybridized carbons (Fsp3) is 0.316. The Hall–Kier alpha value is -2.69. The zero-order valence-electron chi connectivity index (χ0n) is 14.0. The second-order valence-electron chi connectivity index (χ2n) is 5.98. The molecule has 3 rings (SSSR count). The second kappa shape index (κ2) is 6.43. The first-order chi connectivity index (χ1) is 11.5. The van der Waals surface area contributed by atoms with Crippen molar-refractivity contribution in [2.24, 2.45) is 0 Å². The van der Waals surface area contributed by atoms with E-state index in [0.717, 1.165) is 22.4 Å². The zero-order chi connectivity index (χ0) is 17.2. The van der Waals surface area contributed by atoms with Crippen LogP contribution in [0, 0.1) is 0 Å². The molecule has 0 fully saturated rings. The zero-order valence-corrected chi connectivity index (χ0v) is 14.0. The predicted octanol–water partition coefficient (Wildman–Crippen LogP) is 4.19. The molecule has 5 nitrogen and oxygen atoms in total. The van der Waals surface area contributed by atoms with Gasteiger partial charge in [0.05, 0.1) is 13.7 Å². The highest BCUT2D eigenvalue weighted by Gasteiger charge is 2.32. The Kier molecular flexibility index (Phi) is 4.34. The number of methoxy groups -OCH3 is 1. The molecule has 24 heavy (non-hydrogen) atoms. The number of fused-ring (bicyclic) bond motifs is 1. The quantitative estimate of drug-likeness (QED) is 0.788. The molecule has 1 aliphatic heterocycles. The number of carbonyl (C=O) groups is 1. The highest BCUT2D eigenvalue weighted by Crippen LogP contribution is 2.43. The van der Waals surface area contributed by atoms with Crippen LogP contribution in [0.15, 0.2) is 42.5 Å². The van der Waals surface area contributed by atoms with Crippen molar-refractivity contribution in [3.8, 4) is 22.6 Å². The van der Waals surface area contributed by atoms with Gasteiger partial charge in [-0.2, -0.15) is 0 Å². The molecule has 0 spiro atoms. The minimum absolute atomic E-state index is 0.232. The van der Waals surface area contributed by atoms with Gasteiger partial charge in [-0.25, -0.2) is 4.79 Å². The van der Waals surface area contributed by atoms with Crippen molar-refractivity contribution in [1.29, 1.82) is 0 Å². The lowest BCUT2D eigenvalue weighted by Gasteiger charge is -2.16. The summed E-state index contributed by atoms with van der Waals surface area (Å²) in [5.74, 6) is 0.737. The van der Waals surface area contributed by atoms with E-state index in [1.165, 1.54) is 7.11 Å². The summed E-state index contributed by atoms with van der Waals surface area (Å²) in [5.41, 5.74) is 3.12. The Morgan fingerprint density at radius 1 is 1.08 bits per heavy atom. The van der Waals surface area contributed by atoms with E-state index < -0.39 is 11.9 Å². The maximum atomic E-state index is 11.1. The molecule has 0 saturated carbocycles. The molecule has 1 heterocycles. The Morgan fingerprint density at radius 3 is 2.42 bits per heavy atom. The van der Waals surface area contributed by atoms with E-state index in [1.807, 2.05) is 56.3 Å². The molecular formula is C19H20O5. The summed E-state index contributed by atoms with van der Waals surface area (Å²) in [6, 6.07) is 13.9. The van der Waals surface area contributed by atoms with Gasteiger partial charge >= 0.3 is 6.16 Å². The van der Waals surface area contributed by atoms with Crippen molar-refractivity contribution in [2.45, 2.75) is 26.1 Å².